The number of nitrogens with one attached hydrogen (secondary N) is 1. The molecule has 2 atom stereocenters. The molecule has 0 aliphatic carbocycles. The Morgan fingerprint density at radius 2 is 1.70 bits per heavy atom. The summed E-state index contributed by atoms with van der Waals surface area (Å²) in [5.41, 5.74) is -0.926. The molecular formula is C15H20F3NO4. The third-order valence-corrected chi connectivity index (χ3v) is 2.73. The van der Waals surface area contributed by atoms with Crippen molar-refractivity contribution in [3.63, 3.8) is 0 Å². The largest absolute Gasteiger partial charge is 0.497 e. The van der Waals surface area contributed by atoms with Gasteiger partial charge < -0.3 is 19.9 Å². The van der Waals surface area contributed by atoms with Crippen LogP contribution in [0.2, 0.25) is 0 Å². The predicted octanol–water partition coefficient (Wildman–Crippen LogP) is 2.74. The maximum absolute atomic E-state index is 13.1. The fourth-order valence-corrected chi connectivity index (χ4v) is 1.70. The maximum atomic E-state index is 13.1. The average molecular weight is 335 g/mol. The van der Waals surface area contributed by atoms with E-state index >= 15 is 0 Å². The van der Waals surface area contributed by atoms with Crippen molar-refractivity contribution in [2.75, 3.05) is 12.4 Å². The molecule has 8 heteroatoms. The van der Waals surface area contributed by atoms with E-state index in [0.29, 0.717) is 5.75 Å². The van der Waals surface area contributed by atoms with Gasteiger partial charge in [-0.15, -0.1) is 0 Å². The van der Waals surface area contributed by atoms with Crippen molar-refractivity contribution in [3.8, 4) is 5.75 Å². The lowest BCUT2D eigenvalue weighted by atomic mass is 10.1. The van der Waals surface area contributed by atoms with Crippen LogP contribution < -0.4 is 10.1 Å². The number of aliphatic hydroxyl groups excluding tert-OH is 1. The molecule has 23 heavy (non-hydrogen) atoms. The highest BCUT2D eigenvalue weighted by atomic mass is 19.4. The van der Waals surface area contributed by atoms with Gasteiger partial charge >= 0.3 is 12.1 Å². The number of carbonyl (C=O) groups excluding carboxylic acids is 1. The number of hydrogen-bond donors (Lipinski definition) is 2. The summed E-state index contributed by atoms with van der Waals surface area (Å²) in [5.74, 6) is -0.882. The lowest BCUT2D eigenvalue weighted by Gasteiger charge is -2.28. The average Bonchev–Trinajstić information content (AvgIpc) is 2.41. The highest BCUT2D eigenvalue weighted by molar-refractivity contribution is 5.76. The summed E-state index contributed by atoms with van der Waals surface area (Å²) in [4.78, 5) is 11.7. The molecule has 0 fully saturated rings. The lowest BCUT2D eigenvalue weighted by molar-refractivity contribution is -0.189. The Balaban J connectivity index is 2.93. The summed E-state index contributed by atoms with van der Waals surface area (Å²) in [6.07, 6.45) is -7.24. The first-order valence-corrected chi connectivity index (χ1v) is 6.82. The number of rotatable bonds is 5. The van der Waals surface area contributed by atoms with Crippen LogP contribution in [-0.2, 0) is 9.53 Å². The molecule has 0 bridgehead atoms. The minimum absolute atomic E-state index is 0.0794. The molecule has 2 N–H and O–H groups in total. The molecule has 0 radical (unpaired) electrons. The lowest BCUT2D eigenvalue weighted by Crippen LogP contribution is -2.51. The van der Waals surface area contributed by atoms with Crippen molar-refractivity contribution in [2.45, 2.75) is 44.7 Å². The zero-order valence-electron chi connectivity index (χ0n) is 13.3. The first kappa shape index (κ1) is 19.1. The Hall–Kier alpha value is -1.96. The van der Waals surface area contributed by atoms with E-state index in [2.05, 4.69) is 5.32 Å². The van der Waals surface area contributed by atoms with E-state index in [-0.39, 0.29) is 5.69 Å². The highest BCUT2D eigenvalue weighted by Crippen LogP contribution is 2.28. The Morgan fingerprint density at radius 3 is 2.09 bits per heavy atom. The SMILES string of the molecule is COc1ccc(N[C@@H]([C@@H](O)C(=O)OC(C)(C)C)C(F)(F)F)cc1. The molecule has 1 aromatic rings. The predicted molar refractivity (Wildman–Crippen MR) is 78.3 cm³/mol. The van der Waals surface area contributed by atoms with Crippen LogP contribution in [0.1, 0.15) is 20.8 Å². The number of carbonyl (C=O) groups is 1. The molecule has 0 saturated heterocycles. The molecule has 0 aromatic heterocycles. The first-order chi connectivity index (χ1) is 10.4. The van der Waals surface area contributed by atoms with Gasteiger partial charge in [-0.3, -0.25) is 0 Å². The third-order valence-electron chi connectivity index (χ3n) is 2.73. The van der Waals surface area contributed by atoms with Crippen molar-refractivity contribution >= 4 is 11.7 Å². The Bertz CT molecular complexity index is 523. The quantitative estimate of drug-likeness (QED) is 0.810. The summed E-state index contributed by atoms with van der Waals surface area (Å²) >= 11 is 0. The van der Waals surface area contributed by atoms with E-state index in [1.165, 1.54) is 52.1 Å². The number of anilines is 1. The smallest absolute Gasteiger partial charge is 0.411 e. The molecule has 0 aliphatic heterocycles. The zero-order valence-corrected chi connectivity index (χ0v) is 13.3. The fraction of sp³-hybridized carbons (Fsp3) is 0.533. The van der Waals surface area contributed by atoms with E-state index in [4.69, 9.17) is 9.47 Å². The van der Waals surface area contributed by atoms with E-state index in [1.807, 2.05) is 0 Å². The Labute approximate surface area is 132 Å². The van der Waals surface area contributed by atoms with Crippen molar-refractivity contribution in [1.29, 1.82) is 0 Å². The number of ether oxygens (including phenoxy) is 2. The van der Waals surface area contributed by atoms with Gasteiger partial charge in [0.2, 0.25) is 0 Å². The zero-order chi connectivity index (χ0) is 17.8. The highest BCUT2D eigenvalue weighted by Gasteiger charge is 2.48. The van der Waals surface area contributed by atoms with E-state index in [1.54, 1.807) is 0 Å². The number of hydrogen-bond acceptors (Lipinski definition) is 5. The van der Waals surface area contributed by atoms with Crippen LogP contribution in [0.4, 0.5) is 18.9 Å². The second-order valence-electron chi connectivity index (χ2n) is 5.87. The van der Waals surface area contributed by atoms with Crippen LogP contribution in [0.25, 0.3) is 0 Å². The topological polar surface area (TPSA) is 67.8 Å². The number of benzene rings is 1. The summed E-state index contributed by atoms with van der Waals surface area (Å²) in [7, 11) is 1.42. The van der Waals surface area contributed by atoms with Gasteiger partial charge in [-0.2, -0.15) is 13.2 Å². The molecule has 1 rings (SSSR count). The Morgan fingerprint density at radius 1 is 1.17 bits per heavy atom. The van der Waals surface area contributed by atoms with Crippen molar-refractivity contribution in [2.24, 2.45) is 0 Å². The van der Waals surface area contributed by atoms with Gasteiger partial charge in [0.05, 0.1) is 7.11 Å². The maximum Gasteiger partial charge on any atom is 0.411 e. The summed E-state index contributed by atoms with van der Waals surface area (Å²) in [6.45, 7) is 4.49. The minimum atomic E-state index is -4.85. The summed E-state index contributed by atoms with van der Waals surface area (Å²) in [5, 5.41) is 11.9. The second kappa shape index (κ2) is 7.08. The van der Waals surface area contributed by atoms with E-state index in [0.717, 1.165) is 0 Å². The van der Waals surface area contributed by atoms with Crippen LogP contribution in [-0.4, -0.2) is 42.1 Å². The first-order valence-electron chi connectivity index (χ1n) is 6.82. The molecule has 0 amide bonds. The molecule has 0 unspecified atom stereocenters. The second-order valence-corrected chi connectivity index (χ2v) is 5.87. The minimum Gasteiger partial charge on any atom is -0.497 e. The van der Waals surface area contributed by atoms with Gasteiger partial charge in [0.15, 0.2) is 12.1 Å². The van der Waals surface area contributed by atoms with Crippen LogP contribution in [0, 0.1) is 0 Å². The molecule has 5 nitrogen and oxygen atoms in total. The summed E-state index contributed by atoms with van der Waals surface area (Å²) in [6, 6.07) is 3.11. The van der Waals surface area contributed by atoms with Crippen LogP contribution in [0.15, 0.2) is 24.3 Å². The van der Waals surface area contributed by atoms with Crippen LogP contribution in [0.5, 0.6) is 5.75 Å². The number of alkyl halides is 3. The van der Waals surface area contributed by atoms with Crippen molar-refractivity contribution < 1.29 is 32.5 Å². The molecule has 0 aliphatic rings. The number of halogens is 3. The van der Waals surface area contributed by atoms with Gasteiger partial charge in [-0.1, -0.05) is 0 Å². The van der Waals surface area contributed by atoms with E-state index < -0.39 is 29.9 Å². The van der Waals surface area contributed by atoms with E-state index in [9.17, 15) is 23.1 Å². The third kappa shape index (κ3) is 5.97. The van der Waals surface area contributed by atoms with Gasteiger partial charge in [0, 0.05) is 5.69 Å². The molecule has 1 aromatic carbocycles. The monoisotopic (exact) mass is 335 g/mol. The van der Waals surface area contributed by atoms with Gasteiger partial charge in [-0.25, -0.2) is 4.79 Å². The van der Waals surface area contributed by atoms with Gasteiger partial charge in [-0.05, 0) is 45.0 Å². The standard InChI is InChI=1S/C15H20F3NO4/c1-14(2,3)23-13(21)11(20)12(15(16,17)18)19-9-5-7-10(22-4)8-6-9/h5-8,11-12,19-20H,1-4H3/t11-,12+/m1/s1. The van der Waals surface area contributed by atoms with Gasteiger partial charge in [0.1, 0.15) is 11.4 Å². The Kier molecular flexibility index (Phi) is 5.87. The van der Waals surface area contributed by atoms with Crippen molar-refractivity contribution in [1.82, 2.24) is 0 Å². The molecule has 0 spiro atoms. The normalized spacial score (nSPS) is 14.8. The van der Waals surface area contributed by atoms with Gasteiger partial charge in [0.25, 0.3) is 0 Å². The fourth-order valence-electron chi connectivity index (χ4n) is 1.70. The molecular weight excluding hydrogens is 315 g/mol. The number of esters is 1. The number of aliphatic hydroxyl groups is 1. The van der Waals surface area contributed by atoms with Crippen LogP contribution in [0.3, 0.4) is 0 Å². The molecule has 0 heterocycles. The number of methoxy groups -OCH3 is 1. The molecule has 130 valence electrons. The summed E-state index contributed by atoms with van der Waals surface area (Å²) < 4.78 is 49.1. The van der Waals surface area contributed by atoms with Crippen LogP contribution >= 0.6 is 0 Å². The van der Waals surface area contributed by atoms with Crippen molar-refractivity contribution in [3.05, 3.63) is 24.3 Å². The molecule has 0 saturated carbocycles.